The Labute approximate surface area is 99.6 Å². The van der Waals surface area contributed by atoms with Crippen LogP contribution in [0, 0.1) is 5.41 Å². The minimum atomic E-state index is -0.311. The van der Waals surface area contributed by atoms with Crippen molar-refractivity contribution in [1.82, 2.24) is 10.2 Å². The second kappa shape index (κ2) is 5.09. The van der Waals surface area contributed by atoms with E-state index in [0.29, 0.717) is 5.82 Å². The number of amides is 1. The highest BCUT2D eigenvalue weighted by Crippen LogP contribution is 2.19. The minimum Gasteiger partial charge on any atom is -0.327 e. The molecule has 6 heteroatoms. The summed E-state index contributed by atoms with van der Waals surface area (Å²) in [5.41, 5.74) is 5.45. The molecule has 17 heavy (non-hydrogen) atoms. The van der Waals surface area contributed by atoms with Crippen molar-refractivity contribution >= 4 is 11.7 Å². The smallest absolute Gasteiger partial charge is 0.264 e. The Kier molecular flexibility index (Phi) is 4.01. The van der Waals surface area contributed by atoms with E-state index in [0.717, 1.165) is 0 Å². The van der Waals surface area contributed by atoms with Crippen LogP contribution in [0.1, 0.15) is 27.2 Å². The number of aromatic nitrogens is 2. The Morgan fingerprint density at radius 1 is 1.53 bits per heavy atom. The zero-order chi connectivity index (χ0) is 13.1. The Morgan fingerprint density at radius 2 is 2.18 bits per heavy atom. The third-order valence-electron chi connectivity index (χ3n) is 2.46. The molecule has 1 aromatic rings. The minimum absolute atomic E-state index is 0.129. The molecule has 94 valence electrons. The number of hydrogen-bond donors (Lipinski definition) is 3. The fourth-order valence-electron chi connectivity index (χ4n) is 1.11. The van der Waals surface area contributed by atoms with Gasteiger partial charge in [0.05, 0.1) is 0 Å². The largest absolute Gasteiger partial charge is 0.327 e. The maximum atomic E-state index is 11.6. The molecular formula is C11H18N4O2. The number of carbonyl (C=O) groups excluding carboxylic acids is 1. The van der Waals surface area contributed by atoms with Gasteiger partial charge in [-0.1, -0.05) is 20.8 Å². The van der Waals surface area contributed by atoms with Crippen LogP contribution in [0.5, 0.6) is 0 Å². The molecule has 0 saturated heterocycles. The predicted molar refractivity (Wildman–Crippen MR) is 65.5 cm³/mol. The van der Waals surface area contributed by atoms with Crippen molar-refractivity contribution in [3.8, 4) is 0 Å². The van der Waals surface area contributed by atoms with Gasteiger partial charge in [-0.2, -0.15) is 5.10 Å². The molecule has 0 radical (unpaired) electrons. The summed E-state index contributed by atoms with van der Waals surface area (Å²) in [5.74, 6) is 0.0997. The van der Waals surface area contributed by atoms with Gasteiger partial charge in [0, 0.05) is 18.5 Å². The third-order valence-corrected chi connectivity index (χ3v) is 2.46. The number of hydrogen-bond acceptors (Lipinski definition) is 4. The second-order valence-electron chi connectivity index (χ2n) is 5.03. The number of H-pyrrole nitrogens is 1. The van der Waals surface area contributed by atoms with Gasteiger partial charge in [0.15, 0.2) is 5.82 Å². The lowest BCUT2D eigenvalue weighted by atomic mass is 9.85. The van der Waals surface area contributed by atoms with Crippen LogP contribution in [0.2, 0.25) is 0 Å². The molecule has 0 aliphatic carbocycles. The number of nitrogens with two attached hydrogens (primary N) is 1. The van der Waals surface area contributed by atoms with Gasteiger partial charge in [0.1, 0.15) is 0 Å². The molecule has 0 aliphatic rings. The summed E-state index contributed by atoms with van der Waals surface area (Å²) in [4.78, 5) is 22.4. The van der Waals surface area contributed by atoms with Crippen LogP contribution in [-0.4, -0.2) is 22.1 Å². The molecule has 0 aliphatic heterocycles. The first kappa shape index (κ1) is 13.4. The SMILES string of the molecule is CC(C)(C)C(N)CC(=O)Nc1ccc(=O)[nH]n1. The Bertz CT molecular complexity index is 427. The van der Waals surface area contributed by atoms with E-state index in [2.05, 4.69) is 15.5 Å². The van der Waals surface area contributed by atoms with Crippen LogP contribution >= 0.6 is 0 Å². The maximum absolute atomic E-state index is 11.6. The van der Waals surface area contributed by atoms with Crippen LogP contribution in [0.4, 0.5) is 5.82 Å². The van der Waals surface area contributed by atoms with E-state index in [1.54, 1.807) is 0 Å². The van der Waals surface area contributed by atoms with Gasteiger partial charge in [-0.05, 0) is 11.5 Å². The van der Waals surface area contributed by atoms with Crippen LogP contribution in [-0.2, 0) is 4.79 Å². The molecule has 1 unspecified atom stereocenters. The Morgan fingerprint density at radius 3 is 2.65 bits per heavy atom. The van der Waals surface area contributed by atoms with Gasteiger partial charge < -0.3 is 11.1 Å². The first-order valence-electron chi connectivity index (χ1n) is 5.40. The van der Waals surface area contributed by atoms with E-state index in [-0.39, 0.29) is 29.3 Å². The van der Waals surface area contributed by atoms with Crippen molar-refractivity contribution in [2.75, 3.05) is 5.32 Å². The highest BCUT2D eigenvalue weighted by Gasteiger charge is 2.23. The van der Waals surface area contributed by atoms with Gasteiger partial charge in [0.2, 0.25) is 5.91 Å². The van der Waals surface area contributed by atoms with Crippen molar-refractivity contribution in [3.63, 3.8) is 0 Å². The van der Waals surface area contributed by atoms with Crippen molar-refractivity contribution in [3.05, 3.63) is 22.5 Å². The van der Waals surface area contributed by atoms with Gasteiger partial charge in [-0.25, -0.2) is 5.10 Å². The molecular weight excluding hydrogens is 220 g/mol. The fraction of sp³-hybridized carbons (Fsp3) is 0.545. The zero-order valence-corrected chi connectivity index (χ0v) is 10.3. The van der Waals surface area contributed by atoms with Crippen LogP contribution < -0.4 is 16.6 Å². The Balaban J connectivity index is 2.56. The van der Waals surface area contributed by atoms with Crippen molar-refractivity contribution in [2.45, 2.75) is 33.2 Å². The zero-order valence-electron chi connectivity index (χ0n) is 10.3. The number of rotatable bonds is 3. The third kappa shape index (κ3) is 4.36. The summed E-state index contributed by atoms with van der Waals surface area (Å²) >= 11 is 0. The van der Waals surface area contributed by atoms with Gasteiger partial charge >= 0.3 is 0 Å². The quantitative estimate of drug-likeness (QED) is 0.712. The molecule has 0 spiro atoms. The molecule has 0 fully saturated rings. The van der Waals surface area contributed by atoms with Crippen molar-refractivity contribution < 1.29 is 4.79 Å². The van der Waals surface area contributed by atoms with Crippen molar-refractivity contribution in [2.24, 2.45) is 11.1 Å². The first-order valence-corrected chi connectivity index (χ1v) is 5.40. The number of anilines is 1. The predicted octanol–water partition coefficient (Wildman–Crippen LogP) is 0.472. The van der Waals surface area contributed by atoms with Gasteiger partial charge in [-0.3, -0.25) is 9.59 Å². The summed E-state index contributed by atoms with van der Waals surface area (Å²) in [6.45, 7) is 5.93. The summed E-state index contributed by atoms with van der Waals surface area (Å²) in [6.07, 6.45) is 0.213. The van der Waals surface area contributed by atoms with E-state index in [1.807, 2.05) is 20.8 Å². The average molecular weight is 238 g/mol. The highest BCUT2D eigenvalue weighted by molar-refractivity contribution is 5.90. The molecule has 1 heterocycles. The monoisotopic (exact) mass is 238 g/mol. The van der Waals surface area contributed by atoms with E-state index in [9.17, 15) is 9.59 Å². The van der Waals surface area contributed by atoms with E-state index in [4.69, 9.17) is 5.73 Å². The average Bonchev–Trinajstić information content (AvgIpc) is 2.20. The number of carbonyl (C=O) groups is 1. The molecule has 1 atom stereocenters. The fourth-order valence-corrected chi connectivity index (χ4v) is 1.11. The summed E-state index contributed by atoms with van der Waals surface area (Å²) in [6, 6.07) is 2.51. The van der Waals surface area contributed by atoms with Crippen LogP contribution in [0.15, 0.2) is 16.9 Å². The number of aromatic amines is 1. The molecule has 0 aromatic carbocycles. The normalized spacial score (nSPS) is 13.2. The molecule has 1 aromatic heterocycles. The van der Waals surface area contributed by atoms with E-state index in [1.165, 1.54) is 12.1 Å². The molecule has 1 amide bonds. The summed E-state index contributed by atoms with van der Waals surface area (Å²) in [7, 11) is 0. The lowest BCUT2D eigenvalue weighted by Crippen LogP contribution is -2.38. The highest BCUT2D eigenvalue weighted by atomic mass is 16.2. The number of nitrogens with one attached hydrogen (secondary N) is 2. The Hall–Kier alpha value is -1.69. The maximum Gasteiger partial charge on any atom is 0.264 e. The molecule has 4 N–H and O–H groups in total. The molecule has 1 rings (SSSR count). The molecule has 0 saturated carbocycles. The van der Waals surface area contributed by atoms with Crippen LogP contribution in [0.3, 0.4) is 0 Å². The van der Waals surface area contributed by atoms with Gasteiger partial charge in [-0.15, -0.1) is 0 Å². The number of nitrogens with zero attached hydrogens (tertiary/aromatic N) is 1. The standard InChI is InChI=1S/C11H18N4O2/c1-11(2,3)7(12)6-10(17)13-8-4-5-9(16)15-14-8/h4-5,7H,6,12H2,1-3H3,(H,15,16)(H,13,14,17). The van der Waals surface area contributed by atoms with Gasteiger partial charge in [0.25, 0.3) is 5.56 Å². The van der Waals surface area contributed by atoms with E-state index < -0.39 is 0 Å². The molecule has 6 nitrogen and oxygen atoms in total. The lowest BCUT2D eigenvalue weighted by molar-refractivity contribution is -0.117. The summed E-state index contributed by atoms with van der Waals surface area (Å²) < 4.78 is 0. The lowest BCUT2D eigenvalue weighted by Gasteiger charge is -2.26. The second-order valence-corrected chi connectivity index (χ2v) is 5.03. The van der Waals surface area contributed by atoms with E-state index >= 15 is 0 Å². The van der Waals surface area contributed by atoms with Crippen LogP contribution in [0.25, 0.3) is 0 Å². The topological polar surface area (TPSA) is 101 Å². The van der Waals surface area contributed by atoms with Crippen molar-refractivity contribution in [1.29, 1.82) is 0 Å². The summed E-state index contributed by atoms with van der Waals surface area (Å²) in [5, 5.41) is 8.49. The first-order chi connectivity index (χ1) is 7.79. The molecule has 0 bridgehead atoms.